The maximum absolute atomic E-state index is 3.26. The third-order valence-corrected chi connectivity index (χ3v) is 2.34. The smallest absolute Gasteiger partial charge is 0.0284 e. The van der Waals surface area contributed by atoms with Crippen LogP contribution in [0.5, 0.6) is 0 Å². The van der Waals surface area contributed by atoms with Gasteiger partial charge in [-0.15, -0.1) is 5.92 Å². The van der Waals surface area contributed by atoms with E-state index in [1.807, 2.05) is 0 Å². The lowest BCUT2D eigenvalue weighted by Crippen LogP contribution is -2.21. The summed E-state index contributed by atoms with van der Waals surface area (Å²) in [5.74, 6) is 7.19. The van der Waals surface area contributed by atoms with Crippen LogP contribution < -0.4 is 0 Å². The zero-order valence-electron chi connectivity index (χ0n) is 6.49. The summed E-state index contributed by atoms with van der Waals surface area (Å²) >= 11 is 0. The molecule has 9 heavy (non-hydrogen) atoms. The van der Waals surface area contributed by atoms with E-state index in [1.54, 1.807) is 0 Å². The van der Waals surface area contributed by atoms with Crippen LogP contribution in [-0.2, 0) is 0 Å². The second kappa shape index (κ2) is 2.06. The fourth-order valence-electron chi connectivity index (χ4n) is 1.06. The predicted octanol–water partition coefficient (Wildman–Crippen LogP) is 2.45. The van der Waals surface area contributed by atoms with Gasteiger partial charge in [0.05, 0.1) is 0 Å². The van der Waals surface area contributed by atoms with Crippen molar-refractivity contribution in [3.8, 4) is 11.8 Å². The molecule has 0 bridgehead atoms. The van der Waals surface area contributed by atoms with Crippen molar-refractivity contribution in [2.24, 2.45) is 11.3 Å². The molecule has 1 unspecified atom stereocenters. The van der Waals surface area contributed by atoms with E-state index in [9.17, 15) is 0 Å². The van der Waals surface area contributed by atoms with E-state index in [0.717, 1.165) is 12.3 Å². The molecular formula is C9H14. The maximum atomic E-state index is 3.26. The van der Waals surface area contributed by atoms with Crippen molar-refractivity contribution in [1.82, 2.24) is 0 Å². The molecule has 0 aromatic carbocycles. The Morgan fingerprint density at radius 1 is 1.44 bits per heavy atom. The molecule has 0 radical (unpaired) electrons. The molecule has 0 aromatic heterocycles. The van der Waals surface area contributed by atoms with Gasteiger partial charge in [-0.25, -0.2) is 0 Å². The van der Waals surface area contributed by atoms with Crippen LogP contribution in [0.1, 0.15) is 33.6 Å². The Morgan fingerprint density at radius 2 is 2.11 bits per heavy atom. The van der Waals surface area contributed by atoms with Crippen molar-refractivity contribution in [3.63, 3.8) is 0 Å². The second-order valence-corrected chi connectivity index (χ2v) is 3.46. The van der Waals surface area contributed by atoms with Gasteiger partial charge in [0.25, 0.3) is 0 Å². The SMILES string of the molecule is CC1CCC#CC1(C)C. The van der Waals surface area contributed by atoms with Crippen LogP contribution in [0, 0.1) is 23.2 Å². The van der Waals surface area contributed by atoms with E-state index >= 15 is 0 Å². The lowest BCUT2D eigenvalue weighted by Gasteiger charge is -2.28. The van der Waals surface area contributed by atoms with Crippen LogP contribution >= 0.6 is 0 Å². The Labute approximate surface area is 57.7 Å². The first kappa shape index (κ1) is 6.68. The molecule has 0 N–H and O–H groups in total. The topological polar surface area (TPSA) is 0 Å². The van der Waals surface area contributed by atoms with Crippen LogP contribution in [0.4, 0.5) is 0 Å². The van der Waals surface area contributed by atoms with Gasteiger partial charge in [0.1, 0.15) is 0 Å². The van der Waals surface area contributed by atoms with Gasteiger partial charge in [0.2, 0.25) is 0 Å². The summed E-state index contributed by atoms with van der Waals surface area (Å²) in [6.07, 6.45) is 2.38. The third-order valence-electron chi connectivity index (χ3n) is 2.34. The first-order valence-electron chi connectivity index (χ1n) is 3.63. The summed E-state index contributed by atoms with van der Waals surface area (Å²) in [5, 5.41) is 0. The molecule has 0 heteroatoms. The van der Waals surface area contributed by atoms with Crippen molar-refractivity contribution < 1.29 is 0 Å². The fraction of sp³-hybridized carbons (Fsp3) is 0.778. The van der Waals surface area contributed by atoms with Gasteiger partial charge in [-0.05, 0) is 26.2 Å². The molecule has 1 atom stereocenters. The van der Waals surface area contributed by atoms with Crippen molar-refractivity contribution in [3.05, 3.63) is 0 Å². The van der Waals surface area contributed by atoms with Gasteiger partial charge in [-0.1, -0.05) is 12.8 Å². The summed E-state index contributed by atoms with van der Waals surface area (Å²) in [5.41, 5.74) is 0.276. The predicted molar refractivity (Wildman–Crippen MR) is 40.0 cm³/mol. The Balaban J connectivity index is 2.76. The molecule has 0 aliphatic heterocycles. The normalized spacial score (nSPS) is 30.8. The summed E-state index contributed by atoms with van der Waals surface area (Å²) in [6, 6.07) is 0. The van der Waals surface area contributed by atoms with E-state index in [0.29, 0.717) is 0 Å². The maximum Gasteiger partial charge on any atom is 0.0284 e. The summed E-state index contributed by atoms with van der Waals surface area (Å²) in [7, 11) is 0. The van der Waals surface area contributed by atoms with E-state index in [1.165, 1.54) is 6.42 Å². The van der Waals surface area contributed by atoms with Gasteiger partial charge in [-0.3, -0.25) is 0 Å². The average Bonchev–Trinajstić information content (AvgIpc) is 1.77. The molecule has 0 saturated heterocycles. The summed E-state index contributed by atoms with van der Waals surface area (Å²) in [6.45, 7) is 6.74. The molecule has 0 spiro atoms. The molecule has 1 aliphatic rings. The minimum Gasteiger partial charge on any atom is -0.103 e. The van der Waals surface area contributed by atoms with Crippen LogP contribution in [0.15, 0.2) is 0 Å². The lowest BCUT2D eigenvalue weighted by atomic mass is 9.76. The fourth-order valence-corrected chi connectivity index (χ4v) is 1.06. The number of rotatable bonds is 0. The highest BCUT2D eigenvalue weighted by molar-refractivity contribution is 5.14. The summed E-state index contributed by atoms with van der Waals surface area (Å²) in [4.78, 5) is 0. The highest BCUT2D eigenvalue weighted by Gasteiger charge is 2.24. The van der Waals surface area contributed by atoms with Crippen LogP contribution in [0.25, 0.3) is 0 Å². The Bertz CT molecular complexity index is 155. The Kier molecular flexibility index (Phi) is 1.53. The molecule has 1 rings (SSSR count). The quantitative estimate of drug-likeness (QED) is 0.433. The van der Waals surface area contributed by atoms with E-state index < -0.39 is 0 Å². The molecule has 0 aromatic rings. The Hall–Kier alpha value is -0.440. The number of hydrogen-bond acceptors (Lipinski definition) is 0. The lowest BCUT2D eigenvalue weighted by molar-refractivity contribution is 0.298. The van der Waals surface area contributed by atoms with E-state index in [2.05, 4.69) is 32.6 Å². The van der Waals surface area contributed by atoms with Gasteiger partial charge in [-0.2, -0.15) is 0 Å². The summed E-state index contributed by atoms with van der Waals surface area (Å²) < 4.78 is 0. The number of hydrogen-bond donors (Lipinski definition) is 0. The van der Waals surface area contributed by atoms with Gasteiger partial charge in [0, 0.05) is 11.8 Å². The molecule has 0 heterocycles. The first-order chi connectivity index (χ1) is 4.13. The zero-order chi connectivity index (χ0) is 6.91. The molecule has 0 fully saturated rings. The molecule has 0 saturated carbocycles. The molecule has 50 valence electrons. The largest absolute Gasteiger partial charge is 0.103 e. The van der Waals surface area contributed by atoms with Crippen molar-refractivity contribution in [2.75, 3.05) is 0 Å². The molecule has 0 nitrogen and oxygen atoms in total. The van der Waals surface area contributed by atoms with Crippen LogP contribution in [0.3, 0.4) is 0 Å². The minimum absolute atomic E-state index is 0.276. The first-order valence-corrected chi connectivity index (χ1v) is 3.63. The van der Waals surface area contributed by atoms with Crippen molar-refractivity contribution in [2.45, 2.75) is 33.6 Å². The molecule has 1 aliphatic carbocycles. The van der Waals surface area contributed by atoms with Crippen LogP contribution in [0.2, 0.25) is 0 Å². The average molecular weight is 122 g/mol. The molecular weight excluding hydrogens is 108 g/mol. The zero-order valence-corrected chi connectivity index (χ0v) is 6.49. The Morgan fingerprint density at radius 3 is 2.44 bits per heavy atom. The van der Waals surface area contributed by atoms with Gasteiger partial charge < -0.3 is 0 Å². The molecule has 0 amide bonds. The van der Waals surface area contributed by atoms with E-state index in [4.69, 9.17) is 0 Å². The third kappa shape index (κ3) is 1.27. The highest BCUT2D eigenvalue weighted by Crippen LogP contribution is 2.31. The highest BCUT2D eigenvalue weighted by atomic mass is 14.3. The van der Waals surface area contributed by atoms with Crippen molar-refractivity contribution in [1.29, 1.82) is 0 Å². The van der Waals surface area contributed by atoms with E-state index in [-0.39, 0.29) is 5.41 Å². The standard InChI is InChI=1S/C9H14/c1-8-6-4-5-7-9(8,2)3/h8H,4,6H2,1-3H3. The second-order valence-electron chi connectivity index (χ2n) is 3.46. The van der Waals surface area contributed by atoms with Gasteiger partial charge in [0.15, 0.2) is 0 Å². The monoisotopic (exact) mass is 122 g/mol. The van der Waals surface area contributed by atoms with Gasteiger partial charge >= 0.3 is 0 Å². The van der Waals surface area contributed by atoms with Crippen LogP contribution in [-0.4, -0.2) is 0 Å². The van der Waals surface area contributed by atoms with Crippen molar-refractivity contribution >= 4 is 0 Å². The minimum atomic E-state index is 0.276.